The Hall–Kier alpha value is -3.98. The number of nitrogens with zero attached hydrogens (tertiary/aromatic N) is 3. The van der Waals surface area contributed by atoms with Crippen LogP contribution in [0.4, 0.5) is 17.2 Å². The van der Waals surface area contributed by atoms with Crippen LogP contribution in [0.15, 0.2) is 66.9 Å². The SMILES string of the molecule is CCN1C(=O)COCC1Cc1ccc(Oc2ccc(Nc3ncccc3[N+](=O)[O-])cc2)cc1. The molecule has 170 valence electrons. The molecule has 4 rings (SSSR count). The molecule has 1 unspecified atom stereocenters. The van der Waals surface area contributed by atoms with Gasteiger partial charge in [-0.05, 0) is 61.4 Å². The molecular weight excluding hydrogens is 424 g/mol. The Morgan fingerprint density at radius 1 is 1.15 bits per heavy atom. The predicted octanol–water partition coefficient (Wildman–Crippen LogP) is 4.32. The van der Waals surface area contributed by atoms with E-state index in [1.807, 2.05) is 36.1 Å². The molecule has 0 spiro atoms. The Kier molecular flexibility index (Phi) is 6.80. The largest absolute Gasteiger partial charge is 0.457 e. The second kappa shape index (κ2) is 10.1. The van der Waals surface area contributed by atoms with Crippen LogP contribution in [-0.2, 0) is 16.0 Å². The van der Waals surface area contributed by atoms with Crippen molar-refractivity contribution in [2.75, 3.05) is 25.1 Å². The third kappa shape index (κ3) is 5.45. The molecule has 0 aliphatic carbocycles. The van der Waals surface area contributed by atoms with Gasteiger partial charge in [0.05, 0.1) is 17.6 Å². The first-order valence-corrected chi connectivity index (χ1v) is 10.6. The minimum atomic E-state index is -0.477. The van der Waals surface area contributed by atoms with Crippen LogP contribution >= 0.6 is 0 Å². The highest BCUT2D eigenvalue weighted by atomic mass is 16.6. The van der Waals surface area contributed by atoms with E-state index in [1.165, 1.54) is 18.3 Å². The standard InChI is InChI=1S/C24H24N4O5/c1-2-27-19(15-32-16-23(27)29)14-17-5-9-20(10-6-17)33-21-11-7-18(8-12-21)26-24-22(28(30)31)4-3-13-25-24/h3-13,19H,2,14-16H2,1H3,(H,25,26). The van der Waals surface area contributed by atoms with Crippen LogP contribution in [0.5, 0.6) is 11.5 Å². The van der Waals surface area contributed by atoms with E-state index < -0.39 is 4.92 Å². The Balaban J connectivity index is 1.37. The summed E-state index contributed by atoms with van der Waals surface area (Å²) in [5.41, 5.74) is 1.66. The highest BCUT2D eigenvalue weighted by Gasteiger charge is 2.27. The number of pyridine rings is 1. The summed E-state index contributed by atoms with van der Waals surface area (Å²) in [5, 5.41) is 14.1. The van der Waals surface area contributed by atoms with Gasteiger partial charge in [0, 0.05) is 24.5 Å². The molecule has 9 heteroatoms. The summed E-state index contributed by atoms with van der Waals surface area (Å²) in [7, 11) is 0. The maximum absolute atomic E-state index is 12.0. The molecule has 0 bridgehead atoms. The van der Waals surface area contributed by atoms with E-state index in [1.54, 1.807) is 24.3 Å². The summed E-state index contributed by atoms with van der Waals surface area (Å²) < 4.78 is 11.3. The van der Waals surface area contributed by atoms with Gasteiger partial charge in [-0.2, -0.15) is 0 Å². The maximum atomic E-state index is 12.0. The molecule has 1 amide bonds. The molecule has 1 aliphatic rings. The quantitative estimate of drug-likeness (QED) is 0.404. The van der Waals surface area contributed by atoms with Crippen molar-refractivity contribution in [2.45, 2.75) is 19.4 Å². The van der Waals surface area contributed by atoms with Crippen molar-refractivity contribution in [3.63, 3.8) is 0 Å². The molecule has 1 aromatic heterocycles. The van der Waals surface area contributed by atoms with Crippen molar-refractivity contribution in [3.05, 3.63) is 82.5 Å². The first kappa shape index (κ1) is 22.2. The fraction of sp³-hybridized carbons (Fsp3) is 0.250. The van der Waals surface area contributed by atoms with E-state index in [4.69, 9.17) is 9.47 Å². The number of nitro groups is 1. The highest BCUT2D eigenvalue weighted by Crippen LogP contribution is 2.28. The Bertz CT molecular complexity index is 1120. The lowest BCUT2D eigenvalue weighted by Crippen LogP contribution is -2.50. The molecule has 1 N–H and O–H groups in total. The lowest BCUT2D eigenvalue weighted by atomic mass is 10.0. The van der Waals surface area contributed by atoms with E-state index in [2.05, 4.69) is 10.3 Å². The zero-order chi connectivity index (χ0) is 23.2. The minimum Gasteiger partial charge on any atom is -0.457 e. The number of likely N-dealkylation sites (N-methyl/N-ethyl adjacent to an activating group) is 1. The van der Waals surface area contributed by atoms with Crippen LogP contribution in [0.1, 0.15) is 12.5 Å². The number of carbonyl (C=O) groups is 1. The number of ether oxygens (including phenoxy) is 2. The van der Waals surface area contributed by atoms with Crippen molar-refractivity contribution in [2.24, 2.45) is 0 Å². The molecule has 0 radical (unpaired) electrons. The molecular formula is C24H24N4O5. The first-order chi connectivity index (χ1) is 16.0. The molecule has 1 saturated heterocycles. The number of nitrogens with one attached hydrogen (secondary N) is 1. The zero-order valence-electron chi connectivity index (χ0n) is 18.1. The second-order valence-electron chi connectivity index (χ2n) is 7.58. The third-order valence-electron chi connectivity index (χ3n) is 5.37. The summed E-state index contributed by atoms with van der Waals surface area (Å²) in [4.78, 5) is 28.6. The van der Waals surface area contributed by atoms with Gasteiger partial charge in [-0.1, -0.05) is 12.1 Å². The van der Waals surface area contributed by atoms with Crippen LogP contribution in [0, 0.1) is 10.1 Å². The van der Waals surface area contributed by atoms with Gasteiger partial charge in [0.15, 0.2) is 0 Å². The average Bonchev–Trinajstić information content (AvgIpc) is 2.82. The summed E-state index contributed by atoms with van der Waals surface area (Å²) in [6.07, 6.45) is 2.22. The van der Waals surface area contributed by atoms with E-state index in [0.717, 1.165) is 12.0 Å². The molecule has 2 aromatic carbocycles. The van der Waals surface area contributed by atoms with Crippen LogP contribution in [0.25, 0.3) is 0 Å². The van der Waals surface area contributed by atoms with Crippen LogP contribution in [-0.4, -0.2) is 46.5 Å². The van der Waals surface area contributed by atoms with E-state index in [9.17, 15) is 14.9 Å². The molecule has 0 saturated carbocycles. The second-order valence-corrected chi connectivity index (χ2v) is 7.58. The van der Waals surface area contributed by atoms with Crippen LogP contribution < -0.4 is 10.1 Å². The normalized spacial score (nSPS) is 15.8. The molecule has 1 aliphatic heterocycles. The van der Waals surface area contributed by atoms with Gasteiger partial charge in [-0.15, -0.1) is 0 Å². The fourth-order valence-corrected chi connectivity index (χ4v) is 3.75. The van der Waals surface area contributed by atoms with Gasteiger partial charge >= 0.3 is 5.69 Å². The number of anilines is 2. The van der Waals surface area contributed by atoms with Gasteiger partial charge in [-0.25, -0.2) is 4.98 Å². The molecule has 1 atom stereocenters. The zero-order valence-corrected chi connectivity index (χ0v) is 18.1. The van der Waals surface area contributed by atoms with Gasteiger partial charge in [-0.3, -0.25) is 14.9 Å². The lowest BCUT2D eigenvalue weighted by molar-refractivity contribution is -0.384. The Morgan fingerprint density at radius 3 is 2.52 bits per heavy atom. The number of morpholine rings is 1. The van der Waals surface area contributed by atoms with Crippen molar-refractivity contribution in [3.8, 4) is 11.5 Å². The Labute approximate surface area is 191 Å². The minimum absolute atomic E-state index is 0.0318. The maximum Gasteiger partial charge on any atom is 0.311 e. The van der Waals surface area contributed by atoms with Gasteiger partial charge in [0.2, 0.25) is 11.7 Å². The molecule has 3 aromatic rings. The monoisotopic (exact) mass is 448 g/mol. The molecule has 1 fully saturated rings. The third-order valence-corrected chi connectivity index (χ3v) is 5.37. The van der Waals surface area contributed by atoms with Crippen molar-refractivity contribution in [1.82, 2.24) is 9.88 Å². The number of benzene rings is 2. The number of carbonyl (C=O) groups excluding carboxylic acids is 1. The van der Waals surface area contributed by atoms with Crippen molar-refractivity contribution < 1.29 is 19.2 Å². The summed E-state index contributed by atoms with van der Waals surface area (Å²) in [6.45, 7) is 3.35. The van der Waals surface area contributed by atoms with Gasteiger partial charge < -0.3 is 19.7 Å². The molecule has 2 heterocycles. The smallest absolute Gasteiger partial charge is 0.311 e. The van der Waals surface area contributed by atoms with E-state index in [-0.39, 0.29) is 30.1 Å². The number of hydrogen-bond acceptors (Lipinski definition) is 7. The number of hydrogen-bond donors (Lipinski definition) is 1. The molecule has 33 heavy (non-hydrogen) atoms. The van der Waals surface area contributed by atoms with Crippen LogP contribution in [0.2, 0.25) is 0 Å². The predicted molar refractivity (Wildman–Crippen MR) is 123 cm³/mol. The summed E-state index contributed by atoms with van der Waals surface area (Å²) in [6, 6.07) is 17.8. The number of aromatic nitrogens is 1. The highest BCUT2D eigenvalue weighted by molar-refractivity contribution is 5.78. The Morgan fingerprint density at radius 2 is 1.85 bits per heavy atom. The fourth-order valence-electron chi connectivity index (χ4n) is 3.75. The van der Waals surface area contributed by atoms with E-state index in [0.29, 0.717) is 30.3 Å². The average molecular weight is 448 g/mol. The summed E-state index contributed by atoms with van der Waals surface area (Å²) in [5.74, 6) is 1.53. The topological polar surface area (TPSA) is 107 Å². The molecule has 9 nitrogen and oxygen atoms in total. The number of rotatable bonds is 8. The number of amides is 1. The van der Waals surface area contributed by atoms with Crippen LogP contribution in [0.3, 0.4) is 0 Å². The van der Waals surface area contributed by atoms with E-state index >= 15 is 0 Å². The van der Waals surface area contributed by atoms with Gasteiger partial charge in [0.25, 0.3) is 0 Å². The first-order valence-electron chi connectivity index (χ1n) is 10.6. The van der Waals surface area contributed by atoms with Gasteiger partial charge in [0.1, 0.15) is 18.1 Å². The summed E-state index contributed by atoms with van der Waals surface area (Å²) >= 11 is 0. The lowest BCUT2D eigenvalue weighted by Gasteiger charge is -2.34. The van der Waals surface area contributed by atoms with Crippen molar-refractivity contribution >= 4 is 23.1 Å². The van der Waals surface area contributed by atoms with Crippen molar-refractivity contribution in [1.29, 1.82) is 0 Å².